The Hall–Kier alpha value is -3.93. The van der Waals surface area contributed by atoms with Gasteiger partial charge in [0.1, 0.15) is 13.2 Å². The number of rotatable bonds is 49. The van der Waals surface area contributed by atoms with E-state index in [-0.39, 0.29) is 31.1 Å². The molecule has 0 heterocycles. The molecule has 0 aliphatic heterocycles. The van der Waals surface area contributed by atoms with E-state index >= 15 is 0 Å². The van der Waals surface area contributed by atoms with E-state index in [1.807, 2.05) is 0 Å². The lowest BCUT2D eigenvalue weighted by molar-refractivity contribution is -0.167. The van der Waals surface area contributed by atoms with Gasteiger partial charge in [0, 0.05) is 19.3 Å². The maximum atomic E-state index is 12.8. The fourth-order valence-corrected chi connectivity index (χ4v) is 7.33. The molecule has 1 unspecified atom stereocenters. The summed E-state index contributed by atoms with van der Waals surface area (Å²) in [5.74, 6) is -0.946. The minimum atomic E-state index is -0.799. The summed E-state index contributed by atoms with van der Waals surface area (Å²) < 4.78 is 16.8. The Kier molecular flexibility index (Phi) is 52.4. The number of carbonyl (C=O) groups excluding carboxylic acids is 3. The van der Waals surface area contributed by atoms with Crippen LogP contribution in [0.25, 0.3) is 0 Å². The number of hydrogen-bond donors (Lipinski definition) is 0. The van der Waals surface area contributed by atoms with Crippen molar-refractivity contribution in [2.75, 3.05) is 13.2 Å². The Morgan fingerprint density at radius 2 is 0.574 bits per heavy atom. The Labute approximate surface area is 419 Å². The second kappa shape index (κ2) is 55.7. The molecule has 0 rings (SSSR count). The minimum Gasteiger partial charge on any atom is -0.462 e. The van der Waals surface area contributed by atoms with Gasteiger partial charge in [0.25, 0.3) is 0 Å². The normalized spacial score (nSPS) is 12.9. The van der Waals surface area contributed by atoms with Crippen LogP contribution < -0.4 is 0 Å². The lowest BCUT2D eigenvalue weighted by Crippen LogP contribution is -2.30. The van der Waals surface area contributed by atoms with Crippen LogP contribution in [-0.4, -0.2) is 37.2 Å². The SMILES string of the molecule is CC/C=C\C/C=C\C/C=C\C/C=C\C/C=C\C/C=C\C/C=C\CCCCCC(=O)OCC(COC(=O)CCCCCCCCCCCC)OC(=O)CCCCCCC/C=C\C/C=C\CCCCC. The summed E-state index contributed by atoms with van der Waals surface area (Å²) in [6, 6.07) is 0. The molecule has 0 aliphatic rings. The first-order chi connectivity index (χ1) is 33.5. The molecule has 0 aromatic rings. The fraction of sp³-hybridized carbons (Fsp3) is 0.661. The monoisotopic (exact) mass is 943 g/mol. The molecular weight excluding hydrogens is 841 g/mol. The van der Waals surface area contributed by atoms with Crippen LogP contribution >= 0.6 is 0 Å². The molecule has 6 nitrogen and oxygen atoms in total. The smallest absolute Gasteiger partial charge is 0.306 e. The van der Waals surface area contributed by atoms with E-state index in [1.165, 1.54) is 70.6 Å². The maximum absolute atomic E-state index is 12.8. The number of unbranched alkanes of at least 4 members (excludes halogenated alkanes) is 20. The van der Waals surface area contributed by atoms with E-state index in [0.29, 0.717) is 19.3 Å². The molecule has 68 heavy (non-hydrogen) atoms. The van der Waals surface area contributed by atoms with Gasteiger partial charge >= 0.3 is 17.9 Å². The highest BCUT2D eigenvalue weighted by Gasteiger charge is 2.19. The first-order valence-corrected chi connectivity index (χ1v) is 27.9. The maximum Gasteiger partial charge on any atom is 0.306 e. The molecule has 0 bridgehead atoms. The molecule has 0 aromatic carbocycles. The van der Waals surface area contributed by atoms with Crippen molar-refractivity contribution in [2.24, 2.45) is 0 Å². The summed E-state index contributed by atoms with van der Waals surface area (Å²) >= 11 is 0. The van der Waals surface area contributed by atoms with Crippen molar-refractivity contribution in [2.45, 2.75) is 252 Å². The summed E-state index contributed by atoms with van der Waals surface area (Å²) in [6.07, 6.45) is 75.1. The van der Waals surface area contributed by atoms with Gasteiger partial charge in [-0.1, -0.05) is 226 Å². The molecule has 0 aromatic heterocycles. The van der Waals surface area contributed by atoms with E-state index < -0.39 is 6.10 Å². The topological polar surface area (TPSA) is 78.9 Å². The van der Waals surface area contributed by atoms with Crippen LogP contribution in [0.2, 0.25) is 0 Å². The van der Waals surface area contributed by atoms with Gasteiger partial charge in [-0.2, -0.15) is 0 Å². The highest BCUT2D eigenvalue weighted by Crippen LogP contribution is 2.14. The summed E-state index contributed by atoms with van der Waals surface area (Å²) in [5, 5.41) is 0. The third kappa shape index (κ3) is 53.0. The van der Waals surface area contributed by atoms with E-state index in [0.717, 1.165) is 135 Å². The van der Waals surface area contributed by atoms with Gasteiger partial charge in [-0.3, -0.25) is 14.4 Å². The molecule has 0 N–H and O–H groups in total. The largest absolute Gasteiger partial charge is 0.462 e. The molecule has 0 saturated heterocycles. The Balaban J connectivity index is 4.40. The van der Waals surface area contributed by atoms with Crippen molar-refractivity contribution in [3.8, 4) is 0 Å². The molecule has 0 amide bonds. The molecule has 0 fully saturated rings. The number of esters is 3. The van der Waals surface area contributed by atoms with Crippen molar-refractivity contribution in [3.05, 3.63) is 109 Å². The van der Waals surface area contributed by atoms with Crippen molar-refractivity contribution in [1.82, 2.24) is 0 Å². The first kappa shape index (κ1) is 64.1. The van der Waals surface area contributed by atoms with Crippen molar-refractivity contribution >= 4 is 17.9 Å². The average Bonchev–Trinajstić information content (AvgIpc) is 3.34. The van der Waals surface area contributed by atoms with Crippen LogP contribution in [0.3, 0.4) is 0 Å². The standard InChI is InChI=1S/C62H102O6/c1-4-7-10-13-16-19-22-24-26-27-28-29-30-31-32-33-34-35-37-38-40-43-46-49-52-55-61(64)67-58-59(57-66-60(63)54-51-48-45-42-21-18-15-12-9-6-3)68-62(65)56-53-50-47-44-41-39-36-25-23-20-17-14-11-8-5-2/h7,10,16-17,19-20,24-26,28-29,31-32,34-36,38,40,59H,4-6,8-9,11-15,18,21-23,27,30,33,37,39,41-58H2,1-3H3/b10-7-,19-16-,20-17-,26-24-,29-28-,32-31-,35-34-,36-25-,40-38-. The molecule has 6 heteroatoms. The highest BCUT2D eigenvalue weighted by molar-refractivity contribution is 5.71. The second-order valence-electron chi connectivity index (χ2n) is 18.1. The van der Waals surface area contributed by atoms with Gasteiger partial charge in [0.15, 0.2) is 6.10 Å². The van der Waals surface area contributed by atoms with Gasteiger partial charge in [0.2, 0.25) is 0 Å². The number of ether oxygens (including phenoxy) is 3. The Morgan fingerprint density at radius 3 is 0.941 bits per heavy atom. The van der Waals surface area contributed by atoms with Crippen LogP contribution in [0, 0.1) is 0 Å². The summed E-state index contributed by atoms with van der Waals surface area (Å²) in [7, 11) is 0. The third-order valence-corrected chi connectivity index (χ3v) is 11.5. The number of hydrogen-bond acceptors (Lipinski definition) is 6. The quantitative estimate of drug-likeness (QED) is 0.0262. The van der Waals surface area contributed by atoms with Gasteiger partial charge in [-0.15, -0.1) is 0 Å². The van der Waals surface area contributed by atoms with E-state index in [1.54, 1.807) is 0 Å². The summed E-state index contributed by atoms with van der Waals surface area (Å²) in [6.45, 7) is 6.44. The fourth-order valence-electron chi connectivity index (χ4n) is 7.33. The number of carbonyl (C=O) groups is 3. The van der Waals surface area contributed by atoms with Crippen LogP contribution in [0.4, 0.5) is 0 Å². The van der Waals surface area contributed by atoms with Crippen LogP contribution in [-0.2, 0) is 28.6 Å². The predicted molar refractivity (Wildman–Crippen MR) is 293 cm³/mol. The van der Waals surface area contributed by atoms with E-state index in [9.17, 15) is 14.4 Å². The van der Waals surface area contributed by atoms with Gasteiger partial charge in [-0.05, 0) is 109 Å². The minimum absolute atomic E-state index is 0.0946. The van der Waals surface area contributed by atoms with Gasteiger partial charge in [0.05, 0.1) is 0 Å². The molecule has 386 valence electrons. The zero-order chi connectivity index (χ0) is 49.3. The van der Waals surface area contributed by atoms with Crippen LogP contribution in [0.5, 0.6) is 0 Å². The van der Waals surface area contributed by atoms with Gasteiger partial charge in [-0.25, -0.2) is 0 Å². The summed E-state index contributed by atoms with van der Waals surface area (Å²) in [4.78, 5) is 38.0. The zero-order valence-electron chi connectivity index (χ0n) is 44.1. The first-order valence-electron chi connectivity index (χ1n) is 27.9. The van der Waals surface area contributed by atoms with Crippen LogP contribution in [0.1, 0.15) is 245 Å². The Morgan fingerprint density at radius 1 is 0.309 bits per heavy atom. The number of allylic oxidation sites excluding steroid dienone is 18. The lowest BCUT2D eigenvalue weighted by atomic mass is 10.1. The highest BCUT2D eigenvalue weighted by atomic mass is 16.6. The molecule has 0 spiro atoms. The van der Waals surface area contributed by atoms with Crippen molar-refractivity contribution in [3.63, 3.8) is 0 Å². The van der Waals surface area contributed by atoms with E-state index in [2.05, 4.69) is 130 Å². The molecule has 0 aliphatic carbocycles. The second-order valence-corrected chi connectivity index (χ2v) is 18.1. The molecular formula is C62H102O6. The third-order valence-electron chi connectivity index (χ3n) is 11.5. The Bertz CT molecular complexity index is 1410. The molecule has 0 saturated carbocycles. The molecule has 0 radical (unpaired) electrons. The van der Waals surface area contributed by atoms with Gasteiger partial charge < -0.3 is 14.2 Å². The predicted octanol–water partition coefficient (Wildman–Crippen LogP) is 18.7. The average molecular weight is 943 g/mol. The van der Waals surface area contributed by atoms with Crippen molar-refractivity contribution in [1.29, 1.82) is 0 Å². The van der Waals surface area contributed by atoms with Crippen molar-refractivity contribution < 1.29 is 28.6 Å². The molecule has 1 atom stereocenters. The lowest BCUT2D eigenvalue weighted by Gasteiger charge is -2.18. The van der Waals surface area contributed by atoms with Crippen LogP contribution in [0.15, 0.2) is 109 Å². The summed E-state index contributed by atoms with van der Waals surface area (Å²) in [5.41, 5.74) is 0. The zero-order valence-corrected chi connectivity index (χ0v) is 44.1. The van der Waals surface area contributed by atoms with E-state index in [4.69, 9.17) is 14.2 Å².